The summed E-state index contributed by atoms with van der Waals surface area (Å²) in [4.78, 5) is 0. The van der Waals surface area contributed by atoms with Crippen LogP contribution in [0.3, 0.4) is 0 Å². The summed E-state index contributed by atoms with van der Waals surface area (Å²) in [7, 11) is 0. The van der Waals surface area contributed by atoms with Gasteiger partial charge in [0.15, 0.2) is 0 Å². The molecule has 1 N–H and O–H groups in total. The zero-order valence-electron chi connectivity index (χ0n) is 8.26. The highest BCUT2D eigenvalue weighted by Crippen LogP contribution is 2.11. The Morgan fingerprint density at radius 2 is 2.21 bits per heavy atom. The average Bonchev–Trinajstić information content (AvgIpc) is 2.15. The normalized spacial score (nSPS) is 12.8. The molecule has 0 heterocycles. The van der Waals surface area contributed by atoms with Crippen molar-refractivity contribution in [3.8, 4) is 0 Å². The predicted octanol–water partition coefficient (Wildman–Crippen LogP) is 3.71. The topological polar surface area (TPSA) is 12.0 Å². The van der Waals surface area contributed by atoms with Gasteiger partial charge in [-0.1, -0.05) is 44.0 Å². The third-order valence-corrected chi connectivity index (χ3v) is 3.04. The Bertz CT molecular complexity index is 276. The number of rotatable bonds is 5. The first-order valence-corrected chi connectivity index (χ1v) is 6.67. The summed E-state index contributed by atoms with van der Waals surface area (Å²) in [5, 5.41) is 4.53. The van der Waals surface area contributed by atoms with Gasteiger partial charge in [-0.05, 0) is 31.0 Å². The summed E-state index contributed by atoms with van der Waals surface area (Å²) in [6, 6.07) is 8.96. The molecule has 0 aromatic heterocycles. The van der Waals surface area contributed by atoms with Gasteiger partial charge < -0.3 is 5.32 Å². The maximum atomic E-state index is 3.48. The molecule has 1 unspecified atom stereocenters. The van der Waals surface area contributed by atoms with Gasteiger partial charge in [-0.2, -0.15) is 0 Å². The van der Waals surface area contributed by atoms with Crippen molar-refractivity contribution in [1.82, 2.24) is 5.32 Å². The van der Waals surface area contributed by atoms with Crippen LogP contribution in [0.5, 0.6) is 0 Å². The van der Waals surface area contributed by atoms with Gasteiger partial charge in [-0.25, -0.2) is 0 Å². The van der Waals surface area contributed by atoms with Crippen molar-refractivity contribution in [2.24, 2.45) is 0 Å². The first kappa shape index (κ1) is 12.2. The standard InChI is InChI=1S/C11H15Br2N/c1-9(5-6-12)14-8-10-3-2-4-11(13)7-10/h2-4,7,9,14H,5-6,8H2,1H3. The minimum atomic E-state index is 0.563. The number of benzene rings is 1. The van der Waals surface area contributed by atoms with Crippen LogP contribution >= 0.6 is 31.9 Å². The van der Waals surface area contributed by atoms with E-state index in [-0.39, 0.29) is 0 Å². The number of halogens is 2. The summed E-state index contributed by atoms with van der Waals surface area (Å²) in [5.74, 6) is 0. The number of hydrogen-bond acceptors (Lipinski definition) is 1. The molecule has 78 valence electrons. The molecule has 1 rings (SSSR count). The number of alkyl halides is 1. The van der Waals surface area contributed by atoms with E-state index in [1.807, 2.05) is 6.07 Å². The Morgan fingerprint density at radius 3 is 2.86 bits per heavy atom. The highest BCUT2D eigenvalue weighted by atomic mass is 79.9. The Kier molecular flexibility index (Phi) is 5.75. The molecular weight excluding hydrogens is 306 g/mol. The van der Waals surface area contributed by atoms with Crippen LogP contribution in [0.2, 0.25) is 0 Å². The lowest BCUT2D eigenvalue weighted by Gasteiger charge is -2.12. The summed E-state index contributed by atoms with van der Waals surface area (Å²) in [6.45, 7) is 3.15. The predicted molar refractivity (Wildman–Crippen MR) is 68.9 cm³/mol. The van der Waals surface area contributed by atoms with Gasteiger partial charge in [0.25, 0.3) is 0 Å². The Labute approximate surface area is 103 Å². The molecule has 3 heteroatoms. The molecule has 0 aliphatic rings. The molecule has 1 aromatic carbocycles. The van der Waals surface area contributed by atoms with Crippen LogP contribution in [0.4, 0.5) is 0 Å². The van der Waals surface area contributed by atoms with Crippen LogP contribution in [0.25, 0.3) is 0 Å². The highest BCUT2D eigenvalue weighted by Gasteiger charge is 2.00. The maximum Gasteiger partial charge on any atom is 0.0208 e. The third-order valence-electron chi connectivity index (χ3n) is 2.09. The second-order valence-electron chi connectivity index (χ2n) is 3.39. The lowest BCUT2D eigenvalue weighted by atomic mass is 10.2. The van der Waals surface area contributed by atoms with Crippen molar-refractivity contribution < 1.29 is 0 Å². The number of nitrogens with one attached hydrogen (secondary N) is 1. The SMILES string of the molecule is CC(CCBr)NCc1cccc(Br)c1. The van der Waals surface area contributed by atoms with Gasteiger partial charge in [-0.15, -0.1) is 0 Å². The molecule has 0 aliphatic carbocycles. The first-order valence-electron chi connectivity index (χ1n) is 4.76. The lowest BCUT2D eigenvalue weighted by molar-refractivity contribution is 0.538. The van der Waals surface area contributed by atoms with Crippen LogP contribution < -0.4 is 5.32 Å². The average molecular weight is 321 g/mol. The molecule has 0 radical (unpaired) electrons. The second kappa shape index (κ2) is 6.59. The minimum absolute atomic E-state index is 0.563. The summed E-state index contributed by atoms with van der Waals surface area (Å²) in [5.41, 5.74) is 1.32. The van der Waals surface area contributed by atoms with E-state index in [1.54, 1.807) is 0 Å². The fourth-order valence-corrected chi connectivity index (χ4v) is 2.34. The highest BCUT2D eigenvalue weighted by molar-refractivity contribution is 9.10. The van der Waals surface area contributed by atoms with E-state index >= 15 is 0 Å². The van der Waals surface area contributed by atoms with Gasteiger partial charge in [-0.3, -0.25) is 0 Å². The van der Waals surface area contributed by atoms with Crippen molar-refractivity contribution in [2.45, 2.75) is 25.9 Å². The number of hydrogen-bond donors (Lipinski definition) is 1. The van der Waals surface area contributed by atoms with Crippen molar-refractivity contribution in [1.29, 1.82) is 0 Å². The molecule has 0 spiro atoms. The van der Waals surface area contributed by atoms with E-state index in [2.05, 4.69) is 62.3 Å². The fraction of sp³-hybridized carbons (Fsp3) is 0.455. The van der Waals surface area contributed by atoms with Gasteiger partial charge in [0, 0.05) is 22.4 Å². The molecule has 1 nitrogen and oxygen atoms in total. The van der Waals surface area contributed by atoms with Crippen LogP contribution in [0, 0.1) is 0 Å². The van der Waals surface area contributed by atoms with E-state index in [0.29, 0.717) is 6.04 Å². The quantitative estimate of drug-likeness (QED) is 0.815. The van der Waals surface area contributed by atoms with Crippen molar-refractivity contribution in [2.75, 3.05) is 5.33 Å². The maximum absolute atomic E-state index is 3.48. The third kappa shape index (κ3) is 4.58. The molecule has 0 bridgehead atoms. The van der Waals surface area contributed by atoms with Crippen molar-refractivity contribution in [3.05, 3.63) is 34.3 Å². The molecule has 1 aromatic rings. The van der Waals surface area contributed by atoms with E-state index in [0.717, 1.165) is 22.8 Å². The summed E-state index contributed by atoms with van der Waals surface area (Å²) >= 11 is 6.90. The summed E-state index contributed by atoms with van der Waals surface area (Å²) < 4.78 is 1.14. The zero-order valence-corrected chi connectivity index (χ0v) is 11.4. The van der Waals surface area contributed by atoms with E-state index in [1.165, 1.54) is 5.56 Å². The molecule has 0 saturated heterocycles. The Hall–Kier alpha value is 0.140. The van der Waals surface area contributed by atoms with Crippen LogP contribution in [0.15, 0.2) is 28.7 Å². The molecule has 14 heavy (non-hydrogen) atoms. The van der Waals surface area contributed by atoms with Gasteiger partial charge in [0.05, 0.1) is 0 Å². The molecular formula is C11H15Br2N. The Balaban J connectivity index is 2.37. The van der Waals surface area contributed by atoms with Crippen LogP contribution in [-0.4, -0.2) is 11.4 Å². The monoisotopic (exact) mass is 319 g/mol. The molecule has 0 saturated carbocycles. The fourth-order valence-electron chi connectivity index (χ4n) is 1.20. The molecule has 0 aliphatic heterocycles. The van der Waals surface area contributed by atoms with Crippen molar-refractivity contribution >= 4 is 31.9 Å². The first-order chi connectivity index (χ1) is 6.72. The van der Waals surface area contributed by atoms with Gasteiger partial charge >= 0.3 is 0 Å². The van der Waals surface area contributed by atoms with E-state index in [9.17, 15) is 0 Å². The lowest BCUT2D eigenvalue weighted by Crippen LogP contribution is -2.25. The summed E-state index contributed by atoms with van der Waals surface area (Å²) in [6.07, 6.45) is 1.16. The van der Waals surface area contributed by atoms with Gasteiger partial charge in [0.2, 0.25) is 0 Å². The molecule has 0 fully saturated rings. The molecule has 1 atom stereocenters. The zero-order chi connectivity index (χ0) is 10.4. The Morgan fingerprint density at radius 1 is 1.43 bits per heavy atom. The van der Waals surface area contributed by atoms with Crippen LogP contribution in [0.1, 0.15) is 18.9 Å². The molecule has 0 amide bonds. The largest absolute Gasteiger partial charge is 0.310 e. The second-order valence-corrected chi connectivity index (χ2v) is 5.10. The van der Waals surface area contributed by atoms with E-state index in [4.69, 9.17) is 0 Å². The smallest absolute Gasteiger partial charge is 0.0208 e. The van der Waals surface area contributed by atoms with Crippen LogP contribution in [-0.2, 0) is 6.54 Å². The van der Waals surface area contributed by atoms with Gasteiger partial charge in [0.1, 0.15) is 0 Å². The minimum Gasteiger partial charge on any atom is -0.310 e. The van der Waals surface area contributed by atoms with E-state index < -0.39 is 0 Å². The van der Waals surface area contributed by atoms with Crippen molar-refractivity contribution in [3.63, 3.8) is 0 Å².